The van der Waals surface area contributed by atoms with Gasteiger partial charge in [-0.2, -0.15) is 0 Å². The fourth-order valence-electron chi connectivity index (χ4n) is 2.33. The van der Waals surface area contributed by atoms with Crippen molar-refractivity contribution in [3.8, 4) is 17.2 Å². The first-order chi connectivity index (χ1) is 14.2. The number of pyridine rings is 1. The number of aryl methyl sites for hydroxylation is 1. The van der Waals surface area contributed by atoms with E-state index in [1.54, 1.807) is 39.0 Å². The summed E-state index contributed by atoms with van der Waals surface area (Å²) in [6.45, 7) is 6.36. The summed E-state index contributed by atoms with van der Waals surface area (Å²) in [4.78, 5) is 39.3. The van der Waals surface area contributed by atoms with Crippen LogP contribution >= 0.6 is 8.17 Å². The van der Waals surface area contributed by atoms with Crippen LogP contribution < -0.4 is 14.2 Å². The molecule has 1 aromatic carbocycles. The maximum absolute atomic E-state index is 12.2. The molecule has 0 fully saturated rings. The Morgan fingerprint density at radius 3 is 2.60 bits per heavy atom. The van der Waals surface area contributed by atoms with Gasteiger partial charge in [0.2, 0.25) is 5.75 Å². The van der Waals surface area contributed by atoms with Crippen LogP contribution in [0.5, 0.6) is 17.2 Å². The first kappa shape index (κ1) is 23.3. The molecule has 0 saturated carbocycles. The highest BCUT2D eigenvalue weighted by Crippen LogP contribution is 2.34. The van der Waals surface area contributed by atoms with Gasteiger partial charge < -0.3 is 19.5 Å². The van der Waals surface area contributed by atoms with Crippen molar-refractivity contribution in [2.45, 2.75) is 46.4 Å². The predicted octanol–water partition coefficient (Wildman–Crippen LogP) is 3.06. The summed E-state index contributed by atoms with van der Waals surface area (Å²) in [6.07, 6.45) is 1.65. The molecule has 1 N–H and O–H groups in total. The summed E-state index contributed by atoms with van der Waals surface area (Å²) in [5, 5.41) is 9.97. The average molecular weight is 434 g/mol. The monoisotopic (exact) mass is 434 g/mol. The van der Waals surface area contributed by atoms with E-state index in [4.69, 9.17) is 14.0 Å². The fraction of sp³-hybridized carbons (Fsp3) is 0.350. The highest BCUT2D eigenvalue weighted by atomic mass is 31.1. The van der Waals surface area contributed by atoms with Crippen LogP contribution in [-0.4, -0.2) is 34.5 Å². The molecule has 9 nitrogen and oxygen atoms in total. The van der Waals surface area contributed by atoms with Crippen LogP contribution in [0.4, 0.5) is 0 Å². The molecule has 0 radical (unpaired) electrons. The molecule has 2 rings (SSSR count). The Kier molecular flexibility index (Phi) is 8.26. The van der Waals surface area contributed by atoms with Gasteiger partial charge in [0.25, 0.3) is 0 Å². The quantitative estimate of drug-likeness (QED) is 0.362. The lowest BCUT2D eigenvalue weighted by Gasteiger charge is -2.12. The Balaban J connectivity index is 2.13. The molecule has 0 spiro atoms. The number of nitrogens with zero attached hydrogens (tertiary/aromatic N) is 2. The Labute approximate surface area is 175 Å². The van der Waals surface area contributed by atoms with E-state index in [1.807, 2.05) is 0 Å². The number of aromatic hydroxyl groups is 1. The van der Waals surface area contributed by atoms with Crippen molar-refractivity contribution in [3.63, 3.8) is 0 Å². The summed E-state index contributed by atoms with van der Waals surface area (Å²) < 4.78 is 19.8. The number of aromatic nitrogens is 1. The number of aldehydes is 1. The summed E-state index contributed by atoms with van der Waals surface area (Å²) in [5.41, 5.74) is 0.787. The van der Waals surface area contributed by atoms with Gasteiger partial charge in [0.05, 0.1) is 17.4 Å². The molecule has 30 heavy (non-hydrogen) atoms. The van der Waals surface area contributed by atoms with Crippen molar-refractivity contribution in [1.29, 1.82) is 0 Å². The SMILES string of the molecule is Cc1ncc(COc2ccccc2O[P+]([O-])=N[C@H](C)C(=O)OC(C)C)c(C=O)c1O. The van der Waals surface area contributed by atoms with Gasteiger partial charge >= 0.3 is 14.1 Å². The van der Waals surface area contributed by atoms with Gasteiger partial charge in [0, 0.05) is 11.8 Å². The second-order valence-corrected chi connectivity index (χ2v) is 7.48. The number of ether oxygens (including phenoxy) is 2. The molecule has 160 valence electrons. The third-order valence-corrected chi connectivity index (χ3v) is 4.73. The maximum Gasteiger partial charge on any atom is 0.395 e. The Bertz CT molecular complexity index is 947. The van der Waals surface area contributed by atoms with Crippen LogP contribution in [0.2, 0.25) is 0 Å². The van der Waals surface area contributed by atoms with Crippen molar-refractivity contribution in [2.24, 2.45) is 4.74 Å². The minimum absolute atomic E-state index is 0.0828. The molecule has 1 aromatic heterocycles. The van der Waals surface area contributed by atoms with E-state index < -0.39 is 20.2 Å². The lowest BCUT2D eigenvalue weighted by Crippen LogP contribution is -2.21. The maximum atomic E-state index is 12.2. The van der Waals surface area contributed by atoms with Crippen LogP contribution in [0.1, 0.15) is 42.4 Å². The molecule has 0 aliphatic rings. The van der Waals surface area contributed by atoms with Gasteiger partial charge in [0.15, 0.2) is 18.1 Å². The Hall–Kier alpha value is -3.03. The Morgan fingerprint density at radius 2 is 1.97 bits per heavy atom. The van der Waals surface area contributed by atoms with Crippen LogP contribution in [-0.2, 0) is 16.1 Å². The van der Waals surface area contributed by atoms with E-state index >= 15 is 0 Å². The Morgan fingerprint density at radius 1 is 1.30 bits per heavy atom. The van der Waals surface area contributed by atoms with Crippen molar-refractivity contribution < 1.29 is 33.6 Å². The van der Waals surface area contributed by atoms with E-state index in [0.717, 1.165) is 0 Å². The third kappa shape index (κ3) is 6.23. The number of benzene rings is 1. The minimum Gasteiger partial charge on any atom is -0.575 e. The predicted molar refractivity (Wildman–Crippen MR) is 107 cm³/mol. The summed E-state index contributed by atoms with van der Waals surface area (Å²) in [7, 11) is -2.57. The number of carbonyl (C=O) groups is 2. The number of para-hydroxylation sites is 2. The van der Waals surface area contributed by atoms with E-state index in [2.05, 4.69) is 9.73 Å². The lowest BCUT2D eigenvalue weighted by molar-refractivity contribution is -0.170. The van der Waals surface area contributed by atoms with E-state index in [9.17, 15) is 19.6 Å². The summed E-state index contributed by atoms with van der Waals surface area (Å²) in [5.74, 6) is -0.427. The molecule has 1 heterocycles. The second-order valence-electron chi connectivity index (χ2n) is 6.59. The lowest BCUT2D eigenvalue weighted by atomic mass is 10.1. The summed E-state index contributed by atoms with van der Waals surface area (Å²) in [6, 6.07) is 5.48. The van der Waals surface area contributed by atoms with Gasteiger partial charge in [-0.3, -0.25) is 14.3 Å². The van der Waals surface area contributed by atoms with Gasteiger partial charge in [-0.1, -0.05) is 16.9 Å². The largest absolute Gasteiger partial charge is 0.575 e. The molecule has 0 bridgehead atoms. The normalized spacial score (nSPS) is 12.4. The van der Waals surface area contributed by atoms with E-state index in [-0.39, 0.29) is 35.5 Å². The molecular formula is C20H23N2O7P. The highest BCUT2D eigenvalue weighted by Gasteiger charge is 2.21. The summed E-state index contributed by atoms with van der Waals surface area (Å²) >= 11 is 0. The zero-order valence-corrected chi connectivity index (χ0v) is 18.0. The molecule has 0 aliphatic heterocycles. The molecule has 0 aliphatic carbocycles. The fourth-order valence-corrected chi connectivity index (χ4v) is 3.07. The van der Waals surface area contributed by atoms with Gasteiger partial charge in [-0.05, 0) is 39.8 Å². The van der Waals surface area contributed by atoms with Gasteiger partial charge in [-0.25, -0.2) is 4.79 Å². The zero-order chi connectivity index (χ0) is 22.3. The van der Waals surface area contributed by atoms with Crippen LogP contribution in [0.15, 0.2) is 35.2 Å². The smallest absolute Gasteiger partial charge is 0.395 e. The van der Waals surface area contributed by atoms with Crippen LogP contribution in [0, 0.1) is 6.92 Å². The van der Waals surface area contributed by atoms with Crippen molar-refractivity contribution in [2.75, 3.05) is 0 Å². The minimum atomic E-state index is -2.57. The number of carbonyl (C=O) groups excluding carboxylic acids is 2. The number of esters is 1. The van der Waals surface area contributed by atoms with Gasteiger partial charge in [-0.15, -0.1) is 0 Å². The highest BCUT2D eigenvalue weighted by molar-refractivity contribution is 7.34. The second kappa shape index (κ2) is 10.7. The first-order valence-corrected chi connectivity index (χ1v) is 10.3. The molecule has 0 saturated heterocycles. The van der Waals surface area contributed by atoms with Crippen molar-refractivity contribution >= 4 is 20.4 Å². The van der Waals surface area contributed by atoms with Crippen LogP contribution in [0.25, 0.3) is 0 Å². The zero-order valence-electron chi connectivity index (χ0n) is 17.1. The van der Waals surface area contributed by atoms with E-state index in [0.29, 0.717) is 17.5 Å². The van der Waals surface area contributed by atoms with Gasteiger partial charge in [0.1, 0.15) is 12.4 Å². The van der Waals surface area contributed by atoms with Crippen molar-refractivity contribution in [1.82, 2.24) is 4.98 Å². The topological polar surface area (TPSA) is 130 Å². The standard InChI is InChI=1S/C20H23N2O7P/c1-12(2)28-20(25)14(4)22-30(26)29-18-8-6-5-7-17(18)27-11-15-9-21-13(3)19(24)16(15)10-23/h5-10,12,14,24H,11H2,1-4H3/t14-/m1/s1. The number of rotatable bonds is 9. The number of hydrogen-bond acceptors (Lipinski definition) is 9. The molecule has 2 aromatic rings. The molecule has 2 atom stereocenters. The van der Waals surface area contributed by atoms with Crippen LogP contribution in [0.3, 0.4) is 0 Å². The van der Waals surface area contributed by atoms with Crippen molar-refractivity contribution in [3.05, 3.63) is 47.3 Å². The molecular weight excluding hydrogens is 411 g/mol. The molecule has 10 heteroatoms. The molecule has 1 unspecified atom stereocenters. The third-order valence-electron chi connectivity index (χ3n) is 3.84. The first-order valence-electron chi connectivity index (χ1n) is 9.13. The molecule has 0 amide bonds. The average Bonchev–Trinajstić information content (AvgIpc) is 2.69. The number of hydrogen-bond donors (Lipinski definition) is 1. The van der Waals surface area contributed by atoms with E-state index in [1.165, 1.54) is 19.2 Å².